The van der Waals surface area contributed by atoms with E-state index in [1.165, 1.54) is 0 Å². The lowest BCUT2D eigenvalue weighted by Crippen LogP contribution is -2.54. The Bertz CT molecular complexity index is 404. The Morgan fingerprint density at radius 3 is 2.52 bits per heavy atom. The maximum absolute atomic E-state index is 12.7. The van der Waals surface area contributed by atoms with E-state index in [1.807, 2.05) is 25.7 Å². The van der Waals surface area contributed by atoms with Crippen molar-refractivity contribution in [2.45, 2.75) is 90.9 Å². The highest BCUT2D eigenvalue weighted by molar-refractivity contribution is 5.68. The minimum absolute atomic E-state index is 0.123. The third kappa shape index (κ3) is 4.85. The molecule has 23 heavy (non-hydrogen) atoms. The zero-order valence-electron chi connectivity index (χ0n) is 15.5. The number of aliphatic hydroxyl groups is 1. The Kier molecular flexibility index (Phi) is 5.99. The van der Waals surface area contributed by atoms with Crippen molar-refractivity contribution in [3.8, 4) is 0 Å². The molecule has 1 saturated carbocycles. The zero-order valence-corrected chi connectivity index (χ0v) is 15.5. The summed E-state index contributed by atoms with van der Waals surface area (Å²) in [6, 6.07) is 0.123. The van der Waals surface area contributed by atoms with Gasteiger partial charge in [0.2, 0.25) is 0 Å². The van der Waals surface area contributed by atoms with Gasteiger partial charge in [-0.2, -0.15) is 0 Å². The molecule has 0 aromatic carbocycles. The van der Waals surface area contributed by atoms with Crippen LogP contribution in [0.5, 0.6) is 0 Å². The van der Waals surface area contributed by atoms with Crippen LogP contribution in [0.25, 0.3) is 0 Å². The molecule has 4 nitrogen and oxygen atoms in total. The van der Waals surface area contributed by atoms with Crippen molar-refractivity contribution in [2.75, 3.05) is 6.54 Å². The maximum atomic E-state index is 12.7. The molecular formula is C19H35NO3. The Morgan fingerprint density at radius 1 is 1.22 bits per heavy atom. The van der Waals surface area contributed by atoms with Gasteiger partial charge in [0, 0.05) is 18.5 Å². The number of hydrogen-bond donors (Lipinski definition) is 1. The van der Waals surface area contributed by atoms with Crippen LogP contribution < -0.4 is 0 Å². The number of likely N-dealkylation sites (tertiary alicyclic amines) is 1. The minimum atomic E-state index is -0.470. The molecule has 2 aliphatic rings. The van der Waals surface area contributed by atoms with Crippen molar-refractivity contribution < 1.29 is 14.6 Å². The summed E-state index contributed by atoms with van der Waals surface area (Å²) in [5, 5.41) is 10.6. The van der Waals surface area contributed by atoms with Gasteiger partial charge in [0.1, 0.15) is 5.60 Å². The van der Waals surface area contributed by atoms with Gasteiger partial charge >= 0.3 is 6.09 Å². The molecule has 2 rings (SSSR count). The molecule has 1 saturated heterocycles. The normalized spacial score (nSPS) is 35.9. The lowest BCUT2D eigenvalue weighted by molar-refractivity contribution is -0.0415. The number of carbonyl (C=O) groups is 1. The van der Waals surface area contributed by atoms with Crippen LogP contribution >= 0.6 is 0 Å². The van der Waals surface area contributed by atoms with Crippen LogP contribution in [0.2, 0.25) is 0 Å². The molecule has 1 aliphatic heterocycles. The van der Waals surface area contributed by atoms with E-state index < -0.39 is 5.60 Å². The minimum Gasteiger partial charge on any atom is -0.444 e. The quantitative estimate of drug-likeness (QED) is 0.827. The van der Waals surface area contributed by atoms with E-state index in [0.717, 1.165) is 45.1 Å². The van der Waals surface area contributed by atoms with Crippen molar-refractivity contribution in [3.63, 3.8) is 0 Å². The number of piperidine rings is 1. The summed E-state index contributed by atoms with van der Waals surface area (Å²) in [7, 11) is 0. The molecule has 1 N–H and O–H groups in total. The molecule has 1 aliphatic carbocycles. The number of hydrogen-bond acceptors (Lipinski definition) is 3. The highest BCUT2D eigenvalue weighted by Crippen LogP contribution is 2.39. The van der Waals surface area contributed by atoms with Gasteiger partial charge in [-0.1, -0.05) is 20.3 Å². The average Bonchev–Trinajstić information content (AvgIpc) is 2.45. The molecule has 0 aromatic heterocycles. The number of ether oxygens (including phenoxy) is 1. The fraction of sp³-hybridized carbons (Fsp3) is 0.947. The molecule has 134 valence electrons. The Morgan fingerprint density at radius 2 is 1.91 bits per heavy atom. The summed E-state index contributed by atoms with van der Waals surface area (Å²) in [5.74, 6) is 1.48. The van der Waals surface area contributed by atoms with Crippen molar-refractivity contribution in [3.05, 3.63) is 0 Å². The van der Waals surface area contributed by atoms with Gasteiger partial charge in [0.05, 0.1) is 6.10 Å². The number of aliphatic hydroxyl groups excluding tert-OH is 1. The lowest BCUT2D eigenvalue weighted by Gasteiger charge is -2.46. The van der Waals surface area contributed by atoms with Crippen LogP contribution in [-0.4, -0.2) is 40.4 Å². The second kappa shape index (κ2) is 7.42. The summed E-state index contributed by atoms with van der Waals surface area (Å²) in [6.45, 7) is 11.0. The zero-order chi connectivity index (χ0) is 17.2. The van der Waals surface area contributed by atoms with Gasteiger partial charge in [-0.15, -0.1) is 0 Å². The Labute approximate surface area is 141 Å². The first kappa shape index (κ1) is 18.6. The second-order valence-electron chi connectivity index (χ2n) is 8.69. The fourth-order valence-electron chi connectivity index (χ4n) is 4.20. The molecule has 2 fully saturated rings. The van der Waals surface area contributed by atoms with Crippen LogP contribution in [0.4, 0.5) is 4.79 Å². The van der Waals surface area contributed by atoms with Crippen LogP contribution in [0.1, 0.15) is 73.1 Å². The summed E-state index contributed by atoms with van der Waals surface area (Å²) >= 11 is 0. The second-order valence-corrected chi connectivity index (χ2v) is 8.69. The first-order valence-corrected chi connectivity index (χ1v) is 9.39. The van der Waals surface area contributed by atoms with Gasteiger partial charge in [-0.3, -0.25) is 0 Å². The van der Waals surface area contributed by atoms with E-state index in [0.29, 0.717) is 11.8 Å². The molecule has 0 radical (unpaired) electrons. The van der Waals surface area contributed by atoms with E-state index in [9.17, 15) is 9.90 Å². The van der Waals surface area contributed by atoms with Crippen LogP contribution in [0.15, 0.2) is 0 Å². The van der Waals surface area contributed by atoms with Gasteiger partial charge in [-0.25, -0.2) is 4.79 Å². The summed E-state index contributed by atoms with van der Waals surface area (Å²) in [4.78, 5) is 14.6. The molecular weight excluding hydrogens is 290 g/mol. The van der Waals surface area contributed by atoms with E-state index in [1.54, 1.807) is 0 Å². The van der Waals surface area contributed by atoms with Crippen molar-refractivity contribution in [1.82, 2.24) is 4.90 Å². The molecule has 1 heterocycles. The fourth-order valence-corrected chi connectivity index (χ4v) is 4.20. The Hall–Kier alpha value is -0.770. The highest BCUT2D eigenvalue weighted by atomic mass is 16.6. The van der Waals surface area contributed by atoms with E-state index >= 15 is 0 Å². The SMILES string of the molecule is CCC1CCC(O)C(C2CC(C)CCN2C(=O)OC(C)(C)C)C1. The van der Waals surface area contributed by atoms with Crippen molar-refractivity contribution >= 4 is 6.09 Å². The lowest BCUT2D eigenvalue weighted by atomic mass is 9.71. The third-order valence-corrected chi connectivity index (χ3v) is 5.58. The first-order valence-electron chi connectivity index (χ1n) is 9.39. The maximum Gasteiger partial charge on any atom is 0.410 e. The molecule has 5 atom stereocenters. The number of carbonyl (C=O) groups excluding carboxylic acids is 1. The molecule has 0 bridgehead atoms. The number of amides is 1. The van der Waals surface area contributed by atoms with Crippen LogP contribution in [0.3, 0.4) is 0 Å². The predicted octanol–water partition coefficient (Wildman–Crippen LogP) is 4.21. The van der Waals surface area contributed by atoms with E-state index in [2.05, 4.69) is 13.8 Å². The largest absolute Gasteiger partial charge is 0.444 e. The van der Waals surface area contributed by atoms with E-state index in [-0.39, 0.29) is 24.2 Å². The smallest absolute Gasteiger partial charge is 0.410 e. The van der Waals surface area contributed by atoms with Crippen molar-refractivity contribution in [2.24, 2.45) is 17.8 Å². The Balaban J connectivity index is 2.14. The molecule has 4 heteroatoms. The predicted molar refractivity (Wildman–Crippen MR) is 92.3 cm³/mol. The molecule has 0 spiro atoms. The first-order chi connectivity index (χ1) is 10.7. The summed E-state index contributed by atoms with van der Waals surface area (Å²) in [5.41, 5.74) is -0.470. The van der Waals surface area contributed by atoms with Crippen LogP contribution in [-0.2, 0) is 4.74 Å². The molecule has 0 aromatic rings. The monoisotopic (exact) mass is 325 g/mol. The van der Waals surface area contributed by atoms with E-state index in [4.69, 9.17) is 4.74 Å². The number of nitrogens with zero attached hydrogens (tertiary/aromatic N) is 1. The molecule has 5 unspecified atom stereocenters. The third-order valence-electron chi connectivity index (χ3n) is 5.58. The average molecular weight is 325 g/mol. The summed E-state index contributed by atoms with van der Waals surface area (Å²) < 4.78 is 5.63. The van der Waals surface area contributed by atoms with Crippen molar-refractivity contribution in [1.29, 1.82) is 0 Å². The number of rotatable bonds is 2. The van der Waals surface area contributed by atoms with Gasteiger partial charge in [0.25, 0.3) is 0 Å². The summed E-state index contributed by atoms with van der Waals surface area (Å²) in [6.07, 6.45) is 5.71. The van der Waals surface area contributed by atoms with Gasteiger partial charge in [-0.05, 0) is 64.7 Å². The van der Waals surface area contributed by atoms with Gasteiger partial charge in [0.15, 0.2) is 0 Å². The topological polar surface area (TPSA) is 49.8 Å². The highest BCUT2D eigenvalue weighted by Gasteiger charge is 2.42. The van der Waals surface area contributed by atoms with Gasteiger partial charge < -0.3 is 14.7 Å². The molecule has 1 amide bonds. The van der Waals surface area contributed by atoms with Crippen LogP contribution in [0, 0.1) is 17.8 Å². The standard InChI is InChI=1S/C19H35NO3/c1-6-14-7-8-17(21)15(12-14)16-11-13(2)9-10-20(16)18(22)23-19(3,4)5/h13-17,21H,6-12H2,1-5H3.